The molecule has 1 N–H and O–H groups in total. The van der Waals surface area contributed by atoms with E-state index in [1.807, 2.05) is 36.4 Å². The molecule has 128 valence electrons. The molecule has 1 heterocycles. The molecule has 3 aromatic carbocycles. The molecule has 0 saturated heterocycles. The molecule has 5 nitrogen and oxygen atoms in total. The number of amides is 3. The average molecular weight is 344 g/mol. The van der Waals surface area contributed by atoms with Gasteiger partial charge in [-0.05, 0) is 42.0 Å². The number of nitrogens with zero attached hydrogens (tertiary/aromatic N) is 1. The zero-order chi connectivity index (χ0) is 18.3. The Labute approximate surface area is 150 Å². The number of hydrogen-bond donors (Lipinski definition) is 1. The average Bonchev–Trinajstić information content (AvgIpc) is 2.92. The Morgan fingerprint density at radius 1 is 0.846 bits per heavy atom. The summed E-state index contributed by atoms with van der Waals surface area (Å²) in [6.45, 7) is 1.55. The minimum atomic E-state index is -0.908. The molecular formula is C21H16N2O3. The van der Waals surface area contributed by atoms with E-state index in [1.165, 1.54) is 0 Å². The molecular weight excluding hydrogens is 328 g/mol. The molecule has 1 atom stereocenters. The van der Waals surface area contributed by atoms with Crippen LogP contribution >= 0.6 is 0 Å². The van der Waals surface area contributed by atoms with Crippen molar-refractivity contribution in [1.29, 1.82) is 0 Å². The van der Waals surface area contributed by atoms with E-state index in [4.69, 9.17) is 0 Å². The van der Waals surface area contributed by atoms with Crippen LogP contribution in [0.3, 0.4) is 0 Å². The summed E-state index contributed by atoms with van der Waals surface area (Å²) in [7, 11) is 0. The summed E-state index contributed by atoms with van der Waals surface area (Å²) in [5, 5.41) is 4.86. The summed E-state index contributed by atoms with van der Waals surface area (Å²) >= 11 is 0. The van der Waals surface area contributed by atoms with Gasteiger partial charge in [-0.1, -0.05) is 42.5 Å². The van der Waals surface area contributed by atoms with Crippen molar-refractivity contribution < 1.29 is 14.4 Å². The van der Waals surface area contributed by atoms with E-state index in [2.05, 4.69) is 5.32 Å². The van der Waals surface area contributed by atoms with Crippen LogP contribution in [0.1, 0.15) is 27.6 Å². The molecule has 1 aliphatic heterocycles. The normalized spacial score (nSPS) is 14.4. The molecule has 0 aliphatic carbocycles. The molecule has 5 heteroatoms. The highest BCUT2D eigenvalue weighted by Gasteiger charge is 2.40. The number of imide groups is 1. The number of carbonyl (C=O) groups is 3. The van der Waals surface area contributed by atoms with Gasteiger partial charge in [0.25, 0.3) is 11.8 Å². The van der Waals surface area contributed by atoms with Crippen LogP contribution in [-0.4, -0.2) is 28.7 Å². The van der Waals surface area contributed by atoms with Crippen LogP contribution in [0.25, 0.3) is 10.8 Å². The Balaban J connectivity index is 1.56. The molecule has 0 bridgehead atoms. The van der Waals surface area contributed by atoms with Crippen molar-refractivity contribution in [3.05, 3.63) is 77.9 Å². The first-order valence-corrected chi connectivity index (χ1v) is 8.33. The second kappa shape index (κ2) is 6.11. The lowest BCUT2D eigenvalue weighted by molar-refractivity contribution is -0.119. The lowest BCUT2D eigenvalue weighted by Gasteiger charge is -2.21. The van der Waals surface area contributed by atoms with Crippen molar-refractivity contribution in [1.82, 2.24) is 4.90 Å². The predicted molar refractivity (Wildman–Crippen MR) is 99.0 cm³/mol. The number of carbonyl (C=O) groups excluding carboxylic acids is 3. The lowest BCUT2D eigenvalue weighted by Crippen LogP contribution is -2.45. The second-order valence-corrected chi connectivity index (χ2v) is 6.25. The minimum absolute atomic E-state index is 0.336. The first-order chi connectivity index (χ1) is 12.6. The van der Waals surface area contributed by atoms with Crippen molar-refractivity contribution in [2.75, 3.05) is 5.32 Å². The van der Waals surface area contributed by atoms with Crippen molar-refractivity contribution in [2.45, 2.75) is 13.0 Å². The highest BCUT2D eigenvalue weighted by Crippen LogP contribution is 2.25. The molecule has 0 saturated carbocycles. The van der Waals surface area contributed by atoms with E-state index in [0.717, 1.165) is 15.7 Å². The zero-order valence-corrected chi connectivity index (χ0v) is 14.1. The van der Waals surface area contributed by atoms with Gasteiger partial charge in [0.1, 0.15) is 6.04 Å². The molecule has 0 radical (unpaired) electrons. The minimum Gasteiger partial charge on any atom is -0.324 e. The summed E-state index contributed by atoms with van der Waals surface area (Å²) in [4.78, 5) is 38.6. The van der Waals surface area contributed by atoms with Gasteiger partial charge in [0.15, 0.2) is 0 Å². The quantitative estimate of drug-likeness (QED) is 0.740. The maximum Gasteiger partial charge on any atom is 0.262 e. The fourth-order valence-corrected chi connectivity index (χ4v) is 3.19. The van der Waals surface area contributed by atoms with Crippen LogP contribution in [0.15, 0.2) is 66.7 Å². The molecule has 4 rings (SSSR count). The number of hydrogen-bond acceptors (Lipinski definition) is 3. The molecule has 26 heavy (non-hydrogen) atoms. The Kier molecular flexibility index (Phi) is 3.77. The topological polar surface area (TPSA) is 66.5 Å². The zero-order valence-electron chi connectivity index (χ0n) is 14.1. The third-order valence-corrected chi connectivity index (χ3v) is 4.61. The second-order valence-electron chi connectivity index (χ2n) is 6.25. The van der Waals surface area contributed by atoms with Crippen molar-refractivity contribution in [3.8, 4) is 0 Å². The van der Waals surface area contributed by atoms with Crippen LogP contribution in [0.4, 0.5) is 5.69 Å². The summed E-state index contributed by atoms with van der Waals surface area (Å²) in [6, 6.07) is 19.1. The van der Waals surface area contributed by atoms with Gasteiger partial charge in [0.2, 0.25) is 5.91 Å². The standard InChI is InChI=1S/C21H16N2O3/c1-13(23-20(25)17-8-4-5-9-18(17)21(23)26)19(24)22-16-11-10-14-6-2-3-7-15(14)12-16/h2-13H,1H3,(H,22,24)/t13-/m0/s1. The number of nitrogens with one attached hydrogen (secondary N) is 1. The Morgan fingerprint density at radius 2 is 1.42 bits per heavy atom. The summed E-state index contributed by atoms with van der Waals surface area (Å²) in [6.07, 6.45) is 0. The van der Waals surface area contributed by atoms with Gasteiger partial charge in [-0.25, -0.2) is 0 Å². The summed E-state index contributed by atoms with van der Waals surface area (Å²) in [5.74, 6) is -1.28. The Bertz CT molecular complexity index is 1020. The molecule has 1 aliphatic rings. The lowest BCUT2D eigenvalue weighted by atomic mass is 10.1. The maximum atomic E-state index is 12.6. The van der Waals surface area contributed by atoms with E-state index < -0.39 is 23.8 Å². The molecule has 0 fully saturated rings. The number of rotatable bonds is 3. The van der Waals surface area contributed by atoms with Crippen LogP contribution in [-0.2, 0) is 4.79 Å². The monoisotopic (exact) mass is 344 g/mol. The van der Waals surface area contributed by atoms with Gasteiger partial charge in [-0.3, -0.25) is 19.3 Å². The maximum absolute atomic E-state index is 12.6. The van der Waals surface area contributed by atoms with Crippen LogP contribution in [0, 0.1) is 0 Å². The fraction of sp³-hybridized carbons (Fsp3) is 0.0952. The Morgan fingerprint density at radius 3 is 2.08 bits per heavy atom. The highest BCUT2D eigenvalue weighted by molar-refractivity contribution is 6.23. The van der Waals surface area contributed by atoms with E-state index in [1.54, 1.807) is 37.3 Å². The first-order valence-electron chi connectivity index (χ1n) is 8.33. The van der Waals surface area contributed by atoms with Crippen molar-refractivity contribution in [3.63, 3.8) is 0 Å². The fourth-order valence-electron chi connectivity index (χ4n) is 3.19. The van der Waals surface area contributed by atoms with Crippen molar-refractivity contribution in [2.24, 2.45) is 0 Å². The van der Waals surface area contributed by atoms with Crippen LogP contribution in [0.5, 0.6) is 0 Å². The number of anilines is 1. The molecule has 0 unspecified atom stereocenters. The van der Waals surface area contributed by atoms with Crippen molar-refractivity contribution >= 4 is 34.2 Å². The molecule has 3 amide bonds. The van der Waals surface area contributed by atoms with Crippen LogP contribution in [0.2, 0.25) is 0 Å². The third kappa shape index (κ3) is 2.54. The Hall–Kier alpha value is -3.47. The van der Waals surface area contributed by atoms with Crippen LogP contribution < -0.4 is 5.32 Å². The van der Waals surface area contributed by atoms with E-state index in [9.17, 15) is 14.4 Å². The summed E-state index contributed by atoms with van der Waals surface area (Å²) in [5.41, 5.74) is 1.29. The number of benzene rings is 3. The van der Waals surface area contributed by atoms with E-state index >= 15 is 0 Å². The van der Waals surface area contributed by atoms with E-state index in [0.29, 0.717) is 16.8 Å². The molecule has 3 aromatic rings. The largest absolute Gasteiger partial charge is 0.324 e. The van der Waals surface area contributed by atoms with E-state index in [-0.39, 0.29) is 0 Å². The van der Waals surface area contributed by atoms with Gasteiger partial charge in [-0.2, -0.15) is 0 Å². The highest BCUT2D eigenvalue weighted by atomic mass is 16.2. The van der Waals surface area contributed by atoms with Gasteiger partial charge < -0.3 is 5.32 Å². The SMILES string of the molecule is C[C@@H](C(=O)Nc1ccc2ccccc2c1)N1C(=O)c2ccccc2C1=O. The molecule has 0 spiro atoms. The van der Waals surface area contributed by atoms with Gasteiger partial charge in [0.05, 0.1) is 11.1 Å². The number of fused-ring (bicyclic) bond motifs is 2. The van der Waals surface area contributed by atoms with Gasteiger partial charge in [-0.15, -0.1) is 0 Å². The van der Waals surface area contributed by atoms with Gasteiger partial charge in [0, 0.05) is 5.69 Å². The third-order valence-electron chi connectivity index (χ3n) is 4.61. The smallest absolute Gasteiger partial charge is 0.262 e. The van der Waals surface area contributed by atoms with Gasteiger partial charge >= 0.3 is 0 Å². The first kappa shape index (κ1) is 16.0. The molecule has 0 aromatic heterocycles. The summed E-state index contributed by atoms with van der Waals surface area (Å²) < 4.78 is 0. The predicted octanol–water partition coefficient (Wildman–Crippen LogP) is 3.46.